The number of nitrogens with zero attached hydrogens (tertiary/aromatic N) is 3. The third kappa shape index (κ3) is 4.70. The van der Waals surface area contributed by atoms with Gasteiger partial charge in [-0.15, -0.1) is 0 Å². The summed E-state index contributed by atoms with van der Waals surface area (Å²) in [6.07, 6.45) is 5.17. The fraction of sp³-hybridized carbons (Fsp3) is 0.667. The van der Waals surface area contributed by atoms with Gasteiger partial charge in [-0.2, -0.15) is 0 Å². The summed E-state index contributed by atoms with van der Waals surface area (Å²) in [6.45, 7) is 7.77. The second-order valence-corrected chi connectivity index (χ2v) is 7.66. The summed E-state index contributed by atoms with van der Waals surface area (Å²) < 4.78 is 5.45. The fourth-order valence-corrected chi connectivity index (χ4v) is 4.26. The minimum atomic E-state index is 0.353. The third-order valence-corrected chi connectivity index (χ3v) is 5.68. The molecule has 1 N–H and O–H groups in total. The molecule has 0 saturated carbocycles. The van der Waals surface area contributed by atoms with Gasteiger partial charge >= 0.3 is 0 Å². The Labute approximate surface area is 158 Å². The van der Waals surface area contributed by atoms with Gasteiger partial charge in [0.05, 0.1) is 13.2 Å². The minimum absolute atomic E-state index is 0.353. The van der Waals surface area contributed by atoms with Crippen LogP contribution in [0.3, 0.4) is 0 Å². The highest BCUT2D eigenvalue weighted by Gasteiger charge is 2.25. The lowest BCUT2D eigenvalue weighted by atomic mass is 10.0. The van der Waals surface area contributed by atoms with Crippen molar-refractivity contribution in [3.05, 3.63) is 29.8 Å². The van der Waals surface area contributed by atoms with Gasteiger partial charge in [-0.3, -0.25) is 9.89 Å². The Kier molecular flexibility index (Phi) is 6.78. The van der Waals surface area contributed by atoms with Crippen molar-refractivity contribution in [3.8, 4) is 5.75 Å². The fourth-order valence-electron chi connectivity index (χ4n) is 4.26. The predicted molar refractivity (Wildman–Crippen MR) is 108 cm³/mol. The topological polar surface area (TPSA) is 40.1 Å². The molecule has 5 heteroatoms. The number of rotatable bonds is 5. The molecule has 0 spiro atoms. The zero-order valence-electron chi connectivity index (χ0n) is 16.6. The lowest BCUT2D eigenvalue weighted by Crippen LogP contribution is -2.48. The summed E-state index contributed by atoms with van der Waals surface area (Å²) in [4.78, 5) is 9.57. The molecule has 0 aliphatic carbocycles. The van der Waals surface area contributed by atoms with Crippen molar-refractivity contribution in [2.45, 2.75) is 38.6 Å². The summed E-state index contributed by atoms with van der Waals surface area (Å²) >= 11 is 0. The molecular weight excluding hydrogens is 324 g/mol. The van der Waals surface area contributed by atoms with E-state index in [0.29, 0.717) is 6.04 Å². The van der Waals surface area contributed by atoms with E-state index < -0.39 is 0 Å². The van der Waals surface area contributed by atoms with Crippen LogP contribution in [0.1, 0.15) is 44.2 Å². The van der Waals surface area contributed by atoms with Crippen molar-refractivity contribution in [2.24, 2.45) is 10.9 Å². The van der Waals surface area contributed by atoms with Gasteiger partial charge in [0.15, 0.2) is 5.96 Å². The molecule has 0 bridgehead atoms. The number of ether oxygens (including phenoxy) is 1. The standard InChI is InChI=1S/C21H34N4O/c1-17-8-7-13-25(16-17)21(22-2)23-15-20(24-11-4-5-12-24)18-9-6-10-19(14-18)26-3/h6,9-10,14,17,20H,4-5,7-8,11-13,15-16H2,1-3H3,(H,22,23). The molecule has 2 aliphatic rings. The van der Waals surface area contributed by atoms with Crippen LogP contribution in [0.15, 0.2) is 29.3 Å². The van der Waals surface area contributed by atoms with Crippen LogP contribution in [-0.4, -0.2) is 62.6 Å². The van der Waals surface area contributed by atoms with Crippen molar-refractivity contribution >= 4 is 5.96 Å². The molecule has 1 aromatic rings. The summed E-state index contributed by atoms with van der Waals surface area (Å²) in [5.41, 5.74) is 1.32. The van der Waals surface area contributed by atoms with E-state index in [1.807, 2.05) is 13.1 Å². The quantitative estimate of drug-likeness (QED) is 0.648. The zero-order chi connectivity index (χ0) is 18.4. The van der Waals surface area contributed by atoms with Crippen LogP contribution in [0.25, 0.3) is 0 Å². The summed E-state index contributed by atoms with van der Waals surface area (Å²) in [5.74, 6) is 2.72. The Morgan fingerprint density at radius 1 is 1.27 bits per heavy atom. The van der Waals surface area contributed by atoms with E-state index in [2.05, 4.69) is 45.2 Å². The molecule has 0 amide bonds. The normalized spacial score (nSPS) is 23.1. The van der Waals surface area contributed by atoms with E-state index in [1.54, 1.807) is 7.11 Å². The Morgan fingerprint density at radius 2 is 2.08 bits per heavy atom. The molecule has 0 aromatic heterocycles. The number of nitrogens with one attached hydrogen (secondary N) is 1. The minimum Gasteiger partial charge on any atom is -0.497 e. The molecule has 2 saturated heterocycles. The van der Waals surface area contributed by atoms with E-state index >= 15 is 0 Å². The van der Waals surface area contributed by atoms with Crippen molar-refractivity contribution in [1.29, 1.82) is 0 Å². The van der Waals surface area contributed by atoms with Crippen molar-refractivity contribution in [2.75, 3.05) is 46.9 Å². The monoisotopic (exact) mass is 358 g/mol. The maximum Gasteiger partial charge on any atom is 0.193 e. The molecule has 1 aromatic carbocycles. The van der Waals surface area contributed by atoms with Crippen LogP contribution in [-0.2, 0) is 0 Å². The number of methoxy groups -OCH3 is 1. The van der Waals surface area contributed by atoms with Gasteiger partial charge in [0.1, 0.15) is 5.75 Å². The molecule has 2 fully saturated rings. The molecule has 5 nitrogen and oxygen atoms in total. The van der Waals surface area contributed by atoms with Crippen molar-refractivity contribution in [3.63, 3.8) is 0 Å². The first kappa shape index (κ1) is 19.0. The lowest BCUT2D eigenvalue weighted by Gasteiger charge is -2.35. The summed E-state index contributed by atoms with van der Waals surface area (Å²) in [6, 6.07) is 8.87. The van der Waals surface area contributed by atoms with E-state index in [0.717, 1.165) is 37.3 Å². The van der Waals surface area contributed by atoms with Gasteiger partial charge < -0.3 is 15.0 Å². The van der Waals surface area contributed by atoms with Crippen LogP contribution >= 0.6 is 0 Å². The van der Waals surface area contributed by atoms with E-state index in [-0.39, 0.29) is 0 Å². The first-order chi connectivity index (χ1) is 12.7. The molecule has 2 heterocycles. The van der Waals surface area contributed by atoms with Crippen LogP contribution in [0, 0.1) is 5.92 Å². The van der Waals surface area contributed by atoms with E-state index in [4.69, 9.17) is 4.74 Å². The Bertz CT molecular complexity index is 597. The average molecular weight is 359 g/mol. The molecule has 0 radical (unpaired) electrons. The van der Waals surface area contributed by atoms with Crippen molar-refractivity contribution < 1.29 is 4.74 Å². The molecule has 2 unspecified atom stereocenters. The van der Waals surface area contributed by atoms with Crippen LogP contribution in [0.4, 0.5) is 0 Å². The maximum absolute atomic E-state index is 5.45. The highest BCUT2D eigenvalue weighted by molar-refractivity contribution is 5.80. The molecule has 2 aliphatic heterocycles. The lowest BCUT2D eigenvalue weighted by molar-refractivity contribution is 0.235. The van der Waals surface area contributed by atoms with Crippen LogP contribution in [0.2, 0.25) is 0 Å². The second-order valence-electron chi connectivity index (χ2n) is 7.66. The molecule has 2 atom stereocenters. The highest BCUT2D eigenvalue weighted by Crippen LogP contribution is 2.27. The van der Waals surface area contributed by atoms with Gasteiger partial charge in [0.2, 0.25) is 0 Å². The van der Waals surface area contributed by atoms with Gasteiger partial charge in [0.25, 0.3) is 0 Å². The number of piperidine rings is 1. The second kappa shape index (κ2) is 9.26. The summed E-state index contributed by atoms with van der Waals surface area (Å²) in [5, 5.41) is 3.67. The number of hydrogen-bond donors (Lipinski definition) is 1. The van der Waals surface area contributed by atoms with E-state index in [9.17, 15) is 0 Å². The van der Waals surface area contributed by atoms with Crippen LogP contribution < -0.4 is 10.1 Å². The average Bonchev–Trinajstić information content (AvgIpc) is 3.19. The molecule has 3 rings (SSSR count). The zero-order valence-corrected chi connectivity index (χ0v) is 16.6. The number of aliphatic imine (C=N–C) groups is 1. The molecule has 144 valence electrons. The smallest absolute Gasteiger partial charge is 0.193 e. The molecular formula is C21H34N4O. The maximum atomic E-state index is 5.45. The number of guanidine groups is 1. The van der Waals surface area contributed by atoms with Gasteiger partial charge in [-0.25, -0.2) is 0 Å². The largest absolute Gasteiger partial charge is 0.497 e. The first-order valence-corrected chi connectivity index (χ1v) is 10.0. The number of likely N-dealkylation sites (tertiary alicyclic amines) is 2. The van der Waals surface area contributed by atoms with Gasteiger partial charge in [0, 0.05) is 26.7 Å². The van der Waals surface area contributed by atoms with Gasteiger partial charge in [-0.1, -0.05) is 19.1 Å². The predicted octanol–water partition coefficient (Wildman–Crippen LogP) is 3.14. The van der Waals surface area contributed by atoms with Crippen LogP contribution in [0.5, 0.6) is 5.75 Å². The first-order valence-electron chi connectivity index (χ1n) is 10.0. The van der Waals surface area contributed by atoms with Crippen molar-refractivity contribution in [1.82, 2.24) is 15.1 Å². The summed E-state index contributed by atoms with van der Waals surface area (Å²) in [7, 11) is 3.64. The van der Waals surface area contributed by atoms with E-state index in [1.165, 1.54) is 44.3 Å². The van der Waals surface area contributed by atoms with Gasteiger partial charge in [-0.05, 0) is 62.4 Å². The number of benzene rings is 1. The SMILES string of the molecule is CN=C(NCC(c1cccc(OC)c1)N1CCCC1)N1CCCC(C)C1. The Hall–Kier alpha value is -1.75. The Morgan fingerprint density at radius 3 is 2.77 bits per heavy atom. The molecule has 26 heavy (non-hydrogen) atoms. The Balaban J connectivity index is 1.70. The third-order valence-electron chi connectivity index (χ3n) is 5.68. The highest BCUT2D eigenvalue weighted by atomic mass is 16.5. The number of hydrogen-bond acceptors (Lipinski definition) is 3.